The minimum atomic E-state index is -0.105. The van der Waals surface area contributed by atoms with Gasteiger partial charge in [-0.25, -0.2) is 5.43 Å². The van der Waals surface area contributed by atoms with Crippen molar-refractivity contribution in [2.75, 3.05) is 0 Å². The van der Waals surface area contributed by atoms with Crippen LogP contribution in [-0.4, -0.2) is 0 Å². The third kappa shape index (κ3) is 3.86. The predicted molar refractivity (Wildman–Crippen MR) is 93.5 cm³/mol. The van der Waals surface area contributed by atoms with Gasteiger partial charge in [0, 0.05) is 9.50 Å². The molecule has 2 aromatic rings. The quantitative estimate of drug-likeness (QED) is 0.595. The molecule has 0 aliphatic rings. The fourth-order valence-electron chi connectivity index (χ4n) is 2.28. The van der Waals surface area contributed by atoms with Crippen molar-refractivity contribution >= 4 is 27.5 Å². The van der Waals surface area contributed by atoms with Crippen molar-refractivity contribution in [1.29, 1.82) is 0 Å². The molecule has 2 nitrogen and oxygen atoms in total. The molecule has 0 amide bonds. The van der Waals surface area contributed by atoms with Crippen molar-refractivity contribution in [1.82, 2.24) is 5.43 Å². The molecule has 0 aromatic heterocycles. The Bertz CT molecular complexity index is 618. The van der Waals surface area contributed by atoms with Crippen LogP contribution in [0.25, 0.3) is 0 Å². The van der Waals surface area contributed by atoms with E-state index in [-0.39, 0.29) is 11.5 Å². The third-order valence-corrected chi connectivity index (χ3v) is 4.50. The molecule has 0 aliphatic heterocycles. The zero-order chi connectivity index (χ0) is 15.6. The molecule has 0 bridgehead atoms. The summed E-state index contributed by atoms with van der Waals surface area (Å²) in [5, 5.41) is 0.694. The Morgan fingerprint density at radius 3 is 2.24 bits per heavy atom. The van der Waals surface area contributed by atoms with Gasteiger partial charge in [0.2, 0.25) is 0 Å². The molecule has 2 aromatic carbocycles. The van der Waals surface area contributed by atoms with Gasteiger partial charge >= 0.3 is 0 Å². The predicted octanol–water partition coefficient (Wildman–Crippen LogP) is 4.95. The summed E-state index contributed by atoms with van der Waals surface area (Å²) >= 11 is 9.66. The van der Waals surface area contributed by atoms with Crippen LogP contribution in [0.1, 0.15) is 43.5 Å². The van der Waals surface area contributed by atoms with E-state index in [2.05, 4.69) is 66.4 Å². The Morgan fingerprint density at radius 1 is 1.10 bits per heavy atom. The molecular formula is C17H20BrClN2. The Morgan fingerprint density at radius 2 is 1.71 bits per heavy atom. The van der Waals surface area contributed by atoms with E-state index in [4.69, 9.17) is 17.4 Å². The Balaban J connectivity index is 2.40. The van der Waals surface area contributed by atoms with Crippen LogP contribution in [0.3, 0.4) is 0 Å². The molecule has 4 heteroatoms. The van der Waals surface area contributed by atoms with Gasteiger partial charge in [0.05, 0.1) is 6.04 Å². The van der Waals surface area contributed by atoms with Gasteiger partial charge in [-0.1, -0.05) is 72.6 Å². The second-order valence-electron chi connectivity index (χ2n) is 6.14. The van der Waals surface area contributed by atoms with Gasteiger partial charge in [-0.2, -0.15) is 0 Å². The van der Waals surface area contributed by atoms with Crippen LogP contribution in [-0.2, 0) is 5.41 Å². The number of nitrogens with two attached hydrogens (primary N) is 1. The SMILES string of the molecule is CC(C)(C)c1ccc(C(NN)c2cc(Cl)ccc2Br)cc1. The van der Waals surface area contributed by atoms with Crippen molar-refractivity contribution in [3.63, 3.8) is 0 Å². The topological polar surface area (TPSA) is 38.0 Å². The lowest BCUT2D eigenvalue weighted by Gasteiger charge is -2.22. The highest BCUT2D eigenvalue weighted by atomic mass is 79.9. The number of nitrogens with one attached hydrogen (secondary N) is 1. The first kappa shape index (κ1) is 16.5. The van der Waals surface area contributed by atoms with Crippen LogP contribution in [0.15, 0.2) is 46.9 Å². The normalized spacial score (nSPS) is 13.2. The minimum absolute atomic E-state index is 0.105. The van der Waals surface area contributed by atoms with E-state index >= 15 is 0 Å². The van der Waals surface area contributed by atoms with Crippen molar-refractivity contribution in [2.24, 2.45) is 5.84 Å². The highest BCUT2D eigenvalue weighted by Gasteiger charge is 2.18. The zero-order valence-electron chi connectivity index (χ0n) is 12.5. The molecule has 0 fully saturated rings. The van der Waals surface area contributed by atoms with Crippen molar-refractivity contribution < 1.29 is 0 Å². The second-order valence-corrected chi connectivity index (χ2v) is 7.43. The van der Waals surface area contributed by atoms with Crippen LogP contribution in [0.4, 0.5) is 0 Å². The highest BCUT2D eigenvalue weighted by molar-refractivity contribution is 9.10. The van der Waals surface area contributed by atoms with Crippen molar-refractivity contribution in [3.05, 3.63) is 68.7 Å². The zero-order valence-corrected chi connectivity index (χ0v) is 14.8. The summed E-state index contributed by atoms with van der Waals surface area (Å²) in [7, 11) is 0. The van der Waals surface area contributed by atoms with E-state index in [1.54, 1.807) is 0 Å². The number of hydrogen-bond donors (Lipinski definition) is 2. The third-order valence-electron chi connectivity index (χ3n) is 3.55. The number of hydrogen-bond acceptors (Lipinski definition) is 2. The van der Waals surface area contributed by atoms with E-state index in [0.29, 0.717) is 5.02 Å². The van der Waals surface area contributed by atoms with Crippen LogP contribution >= 0.6 is 27.5 Å². The van der Waals surface area contributed by atoms with Crippen LogP contribution in [0, 0.1) is 0 Å². The van der Waals surface area contributed by atoms with E-state index < -0.39 is 0 Å². The lowest BCUT2D eigenvalue weighted by atomic mass is 9.86. The molecule has 0 spiro atoms. The molecule has 0 aliphatic carbocycles. The summed E-state index contributed by atoms with van der Waals surface area (Å²) in [6.07, 6.45) is 0. The van der Waals surface area contributed by atoms with Crippen LogP contribution in [0.5, 0.6) is 0 Å². The minimum Gasteiger partial charge on any atom is -0.271 e. The summed E-state index contributed by atoms with van der Waals surface area (Å²) in [6.45, 7) is 6.61. The maximum Gasteiger partial charge on any atom is 0.0721 e. The van der Waals surface area contributed by atoms with E-state index in [0.717, 1.165) is 15.6 Å². The average Bonchev–Trinajstić information content (AvgIpc) is 2.43. The van der Waals surface area contributed by atoms with E-state index in [9.17, 15) is 0 Å². The molecule has 0 heterocycles. The molecule has 0 radical (unpaired) electrons. The molecule has 0 saturated heterocycles. The Kier molecular flexibility index (Phi) is 5.10. The van der Waals surface area contributed by atoms with Gasteiger partial charge < -0.3 is 0 Å². The molecule has 112 valence electrons. The summed E-state index contributed by atoms with van der Waals surface area (Å²) in [5.41, 5.74) is 6.44. The summed E-state index contributed by atoms with van der Waals surface area (Å²) in [5.74, 6) is 5.77. The number of rotatable bonds is 3. The van der Waals surface area contributed by atoms with Gasteiger partial charge in [0.15, 0.2) is 0 Å². The van der Waals surface area contributed by atoms with E-state index in [1.807, 2.05) is 18.2 Å². The lowest BCUT2D eigenvalue weighted by Crippen LogP contribution is -2.29. The monoisotopic (exact) mass is 366 g/mol. The van der Waals surface area contributed by atoms with E-state index in [1.165, 1.54) is 5.56 Å². The van der Waals surface area contributed by atoms with Crippen molar-refractivity contribution in [3.8, 4) is 0 Å². The van der Waals surface area contributed by atoms with Gasteiger partial charge in [-0.05, 0) is 40.3 Å². The Labute approximate surface area is 139 Å². The van der Waals surface area contributed by atoms with Crippen molar-refractivity contribution in [2.45, 2.75) is 32.2 Å². The summed E-state index contributed by atoms with van der Waals surface area (Å²) in [4.78, 5) is 0. The second kappa shape index (κ2) is 6.49. The fourth-order valence-corrected chi connectivity index (χ4v) is 2.93. The maximum absolute atomic E-state index is 6.10. The molecule has 0 saturated carbocycles. The first-order chi connectivity index (χ1) is 9.82. The molecule has 21 heavy (non-hydrogen) atoms. The van der Waals surface area contributed by atoms with Crippen LogP contribution < -0.4 is 11.3 Å². The summed E-state index contributed by atoms with van der Waals surface area (Å²) in [6, 6.07) is 14.1. The lowest BCUT2D eigenvalue weighted by molar-refractivity contribution is 0.588. The fraction of sp³-hybridized carbons (Fsp3) is 0.294. The standard InChI is InChI=1S/C17H20BrClN2/c1-17(2,3)12-6-4-11(5-7-12)16(21-20)14-10-13(19)8-9-15(14)18/h4-10,16,21H,20H2,1-3H3. The molecule has 3 N–H and O–H groups in total. The largest absolute Gasteiger partial charge is 0.271 e. The molecule has 2 rings (SSSR count). The van der Waals surface area contributed by atoms with Gasteiger partial charge in [0.1, 0.15) is 0 Å². The van der Waals surface area contributed by atoms with Gasteiger partial charge in [-0.15, -0.1) is 0 Å². The first-order valence-electron chi connectivity index (χ1n) is 6.84. The Hall–Kier alpha value is -0.870. The van der Waals surface area contributed by atoms with Gasteiger partial charge in [0.25, 0.3) is 0 Å². The molecular weight excluding hydrogens is 348 g/mol. The maximum atomic E-state index is 6.10. The highest BCUT2D eigenvalue weighted by Crippen LogP contribution is 2.31. The number of benzene rings is 2. The average molecular weight is 368 g/mol. The summed E-state index contributed by atoms with van der Waals surface area (Å²) < 4.78 is 0.981. The molecule has 1 atom stereocenters. The smallest absolute Gasteiger partial charge is 0.0721 e. The van der Waals surface area contributed by atoms with Gasteiger partial charge in [-0.3, -0.25) is 5.84 Å². The van der Waals surface area contributed by atoms with Crippen LogP contribution in [0.2, 0.25) is 5.02 Å². The number of halogens is 2. The first-order valence-corrected chi connectivity index (χ1v) is 8.01. The number of hydrazine groups is 1. The molecule has 1 unspecified atom stereocenters.